The molecule has 0 aromatic heterocycles. The third-order valence-electron chi connectivity index (χ3n) is 8.01. The molecule has 2 atom stereocenters. The van der Waals surface area contributed by atoms with Gasteiger partial charge in [0.15, 0.2) is 0 Å². The number of nitrogens with zero attached hydrogens (tertiary/aromatic N) is 3. The molecule has 208 valence electrons. The Morgan fingerprint density at radius 3 is 2.39 bits per heavy atom. The van der Waals surface area contributed by atoms with Crippen LogP contribution in [-0.4, -0.2) is 62.9 Å². The summed E-state index contributed by atoms with van der Waals surface area (Å²) in [4.78, 5) is 46.0. The van der Waals surface area contributed by atoms with Crippen LogP contribution in [0.2, 0.25) is 0 Å². The first-order chi connectivity index (χ1) is 20.0. The quantitative estimate of drug-likeness (QED) is 0.377. The van der Waals surface area contributed by atoms with Crippen molar-refractivity contribution >= 4 is 28.6 Å². The highest BCUT2D eigenvalue weighted by atomic mass is 16.3. The number of phenols is 1. The second-order valence-electron chi connectivity index (χ2n) is 10.6. The Bertz CT molecular complexity index is 1570. The number of piperazine rings is 1. The third kappa shape index (κ3) is 5.45. The van der Waals surface area contributed by atoms with Gasteiger partial charge >= 0.3 is 6.03 Å². The van der Waals surface area contributed by atoms with Crippen LogP contribution >= 0.6 is 0 Å². The van der Waals surface area contributed by atoms with Gasteiger partial charge in [0.05, 0.1) is 6.54 Å². The number of phenolic OH excluding ortho intramolecular Hbond substituents is 1. The number of aromatic hydroxyl groups is 1. The van der Waals surface area contributed by atoms with E-state index >= 15 is 0 Å². The van der Waals surface area contributed by atoms with Crippen molar-refractivity contribution in [1.82, 2.24) is 20.0 Å². The molecule has 0 bridgehead atoms. The zero-order valence-corrected chi connectivity index (χ0v) is 22.6. The van der Waals surface area contributed by atoms with Crippen LogP contribution in [0.3, 0.4) is 0 Å². The number of carbonyl (C=O) groups is 3. The molecule has 0 saturated carbocycles. The molecular formula is C33H32N4O4. The summed E-state index contributed by atoms with van der Waals surface area (Å²) in [5, 5.41) is 14.9. The first-order valence-electron chi connectivity index (χ1n) is 13.9. The first kappa shape index (κ1) is 26.4. The fourth-order valence-electron chi connectivity index (χ4n) is 5.93. The van der Waals surface area contributed by atoms with E-state index in [1.165, 1.54) is 0 Å². The summed E-state index contributed by atoms with van der Waals surface area (Å²) in [6.07, 6.45) is -0.160. The summed E-state index contributed by atoms with van der Waals surface area (Å²) < 4.78 is 0. The van der Waals surface area contributed by atoms with Crippen molar-refractivity contribution in [1.29, 1.82) is 0 Å². The molecule has 2 aliphatic heterocycles. The lowest BCUT2D eigenvalue weighted by Gasteiger charge is -2.52. The minimum atomic E-state index is -0.773. The van der Waals surface area contributed by atoms with E-state index in [0.29, 0.717) is 13.1 Å². The number of urea groups is 1. The normalized spacial score (nSPS) is 18.9. The van der Waals surface area contributed by atoms with Crippen molar-refractivity contribution in [3.8, 4) is 5.75 Å². The molecule has 2 N–H and O–H groups in total. The molecule has 2 aliphatic rings. The van der Waals surface area contributed by atoms with Gasteiger partial charge in [-0.1, -0.05) is 84.9 Å². The van der Waals surface area contributed by atoms with Crippen LogP contribution in [-0.2, 0) is 29.1 Å². The lowest BCUT2D eigenvalue weighted by molar-refractivity contribution is -0.167. The van der Waals surface area contributed by atoms with Crippen LogP contribution in [0.15, 0.2) is 97.1 Å². The van der Waals surface area contributed by atoms with E-state index in [-0.39, 0.29) is 49.5 Å². The molecule has 0 radical (unpaired) electrons. The second kappa shape index (κ2) is 11.3. The van der Waals surface area contributed by atoms with Crippen molar-refractivity contribution in [2.24, 2.45) is 0 Å². The Balaban J connectivity index is 1.32. The van der Waals surface area contributed by atoms with Crippen LogP contribution < -0.4 is 5.32 Å². The highest BCUT2D eigenvalue weighted by Crippen LogP contribution is 2.30. The van der Waals surface area contributed by atoms with Gasteiger partial charge in [-0.15, -0.1) is 0 Å². The summed E-state index contributed by atoms with van der Waals surface area (Å²) in [5.41, 5.74) is 2.81. The number of amides is 4. The lowest BCUT2D eigenvalue weighted by atomic mass is 9.96. The maximum atomic E-state index is 14.1. The molecule has 4 amide bonds. The number of carbonyl (C=O) groups excluding carboxylic acids is 3. The highest BCUT2D eigenvalue weighted by Gasteiger charge is 2.48. The van der Waals surface area contributed by atoms with Crippen molar-refractivity contribution < 1.29 is 19.5 Å². The SMILES string of the molecule is O=C1[C@H](Cc2ccc(O)cc2)N2C(=O)CCN(C(=O)NCc3ccccc3)[C@@H]2CN1Cc1cccc2ccccc12. The van der Waals surface area contributed by atoms with E-state index < -0.39 is 12.2 Å². The van der Waals surface area contributed by atoms with E-state index in [4.69, 9.17) is 0 Å². The fourth-order valence-corrected chi connectivity index (χ4v) is 5.93. The Labute approximate surface area is 238 Å². The molecule has 2 fully saturated rings. The predicted molar refractivity (Wildman–Crippen MR) is 156 cm³/mol. The van der Waals surface area contributed by atoms with Crippen molar-refractivity contribution in [3.63, 3.8) is 0 Å². The van der Waals surface area contributed by atoms with E-state index in [2.05, 4.69) is 5.32 Å². The van der Waals surface area contributed by atoms with Crippen LogP contribution in [0, 0.1) is 0 Å². The number of rotatable bonds is 6. The van der Waals surface area contributed by atoms with E-state index in [1.54, 1.807) is 39.0 Å². The number of benzene rings is 4. The monoisotopic (exact) mass is 548 g/mol. The zero-order valence-electron chi connectivity index (χ0n) is 22.6. The summed E-state index contributed by atoms with van der Waals surface area (Å²) in [5.74, 6) is -0.152. The van der Waals surface area contributed by atoms with E-state index in [9.17, 15) is 19.5 Å². The van der Waals surface area contributed by atoms with Crippen LogP contribution in [0.4, 0.5) is 4.79 Å². The lowest BCUT2D eigenvalue weighted by Crippen LogP contribution is -2.72. The highest BCUT2D eigenvalue weighted by molar-refractivity contribution is 5.92. The molecule has 41 heavy (non-hydrogen) atoms. The molecule has 0 aliphatic carbocycles. The van der Waals surface area contributed by atoms with Gasteiger partial charge < -0.3 is 25.1 Å². The average molecular weight is 549 g/mol. The topological polar surface area (TPSA) is 93.2 Å². The molecule has 0 unspecified atom stereocenters. The van der Waals surface area contributed by atoms with Gasteiger partial charge in [0.1, 0.15) is 18.0 Å². The van der Waals surface area contributed by atoms with Crippen molar-refractivity contribution in [2.75, 3.05) is 13.1 Å². The summed E-state index contributed by atoms with van der Waals surface area (Å²) in [7, 11) is 0. The van der Waals surface area contributed by atoms with Gasteiger partial charge in [-0.2, -0.15) is 0 Å². The van der Waals surface area contributed by atoms with Gasteiger partial charge in [-0.25, -0.2) is 4.79 Å². The van der Waals surface area contributed by atoms with E-state index in [1.807, 2.05) is 72.8 Å². The summed E-state index contributed by atoms with van der Waals surface area (Å²) in [6.45, 7) is 1.23. The standard InChI is InChI=1S/C33H32N4O4/c38-27-15-13-23(14-16-27)19-29-32(40)35(21-26-11-6-10-25-9-4-5-12-28(25)26)22-30-36(18-17-31(39)37(29)30)33(41)34-20-24-7-2-1-3-8-24/h1-16,29-30,38H,17-22H2,(H,34,41)/t29-,30-/m0/s1. The molecular weight excluding hydrogens is 516 g/mol. The Morgan fingerprint density at radius 1 is 0.854 bits per heavy atom. The van der Waals surface area contributed by atoms with Gasteiger partial charge in [0.2, 0.25) is 11.8 Å². The van der Waals surface area contributed by atoms with Gasteiger partial charge in [-0.3, -0.25) is 9.59 Å². The van der Waals surface area contributed by atoms with Crippen LogP contribution in [0.5, 0.6) is 5.75 Å². The second-order valence-corrected chi connectivity index (χ2v) is 10.6. The molecule has 4 aromatic rings. The fraction of sp³-hybridized carbons (Fsp3) is 0.242. The molecule has 8 heteroatoms. The third-order valence-corrected chi connectivity index (χ3v) is 8.01. The molecule has 4 aromatic carbocycles. The smallest absolute Gasteiger partial charge is 0.319 e. The number of fused-ring (bicyclic) bond motifs is 2. The van der Waals surface area contributed by atoms with Crippen LogP contribution in [0.25, 0.3) is 10.8 Å². The molecule has 6 rings (SSSR count). The van der Waals surface area contributed by atoms with Gasteiger partial charge in [0, 0.05) is 32.5 Å². The number of hydrogen-bond acceptors (Lipinski definition) is 4. The minimum Gasteiger partial charge on any atom is -0.508 e. The Morgan fingerprint density at radius 2 is 1.59 bits per heavy atom. The van der Waals surface area contributed by atoms with E-state index in [0.717, 1.165) is 27.5 Å². The van der Waals surface area contributed by atoms with Gasteiger partial charge in [0.25, 0.3) is 0 Å². The Kier molecular flexibility index (Phi) is 7.29. The maximum Gasteiger partial charge on any atom is 0.319 e. The zero-order chi connectivity index (χ0) is 28.3. The largest absolute Gasteiger partial charge is 0.508 e. The maximum absolute atomic E-state index is 14.1. The molecule has 2 saturated heterocycles. The average Bonchev–Trinajstić information content (AvgIpc) is 3.00. The van der Waals surface area contributed by atoms with Gasteiger partial charge in [-0.05, 0) is 39.6 Å². The molecule has 0 spiro atoms. The molecule has 2 heterocycles. The summed E-state index contributed by atoms with van der Waals surface area (Å²) in [6, 6.07) is 29.4. The predicted octanol–water partition coefficient (Wildman–Crippen LogP) is 4.27. The van der Waals surface area contributed by atoms with Crippen molar-refractivity contribution in [2.45, 2.75) is 38.1 Å². The summed E-state index contributed by atoms with van der Waals surface area (Å²) >= 11 is 0. The number of nitrogens with one attached hydrogen (secondary N) is 1. The minimum absolute atomic E-state index is 0.134. The molecule has 8 nitrogen and oxygen atoms in total. The van der Waals surface area contributed by atoms with Crippen LogP contribution in [0.1, 0.15) is 23.1 Å². The Hall–Kier alpha value is -4.85. The number of hydrogen-bond donors (Lipinski definition) is 2. The van der Waals surface area contributed by atoms with Crippen molar-refractivity contribution in [3.05, 3.63) is 114 Å². The first-order valence-corrected chi connectivity index (χ1v) is 13.9.